The highest BCUT2D eigenvalue weighted by Crippen LogP contribution is 1.95. The average molecular weight is 296 g/mol. The molecule has 0 atom stereocenters. The van der Waals surface area contributed by atoms with Crippen molar-refractivity contribution in [3.63, 3.8) is 0 Å². The van der Waals surface area contributed by atoms with Gasteiger partial charge in [-0.3, -0.25) is 0 Å². The Balaban J connectivity index is 3.14. The zero-order valence-electron chi connectivity index (χ0n) is 5.99. The van der Waals surface area contributed by atoms with E-state index in [0.29, 0.717) is 0 Å². The quantitative estimate of drug-likeness (QED) is 0.429. The summed E-state index contributed by atoms with van der Waals surface area (Å²) < 4.78 is 0. The van der Waals surface area contributed by atoms with Gasteiger partial charge in [0.2, 0.25) is 0 Å². The zero-order valence-corrected chi connectivity index (χ0v) is 9.98. The van der Waals surface area contributed by atoms with E-state index in [1.165, 1.54) is 0 Å². The fraction of sp³-hybridized carbons (Fsp3) is 0.500. The summed E-state index contributed by atoms with van der Waals surface area (Å²) in [6, 6.07) is 0. The third kappa shape index (κ3) is 10.4. The highest BCUT2D eigenvalue weighted by molar-refractivity contribution is 9.09. The predicted molar refractivity (Wildman–Crippen MR) is 60.5 cm³/mol. The molecule has 0 aromatic carbocycles. The van der Waals surface area contributed by atoms with Crippen LogP contribution in [0.5, 0.6) is 0 Å². The van der Waals surface area contributed by atoms with Crippen molar-refractivity contribution in [2.75, 3.05) is 22.2 Å². The number of alkyl halides is 2. The summed E-state index contributed by atoms with van der Waals surface area (Å²) in [5.74, 6) is 13.6. The Morgan fingerprint density at radius 3 is 1.64 bits per heavy atom. The minimum Gasteiger partial charge on any atom is -0.136 e. The number of hydrogen-bond acceptors (Lipinski definition) is 1. The Morgan fingerprint density at radius 1 is 0.818 bits per heavy atom. The molecule has 0 aromatic heterocycles. The minimum absolute atomic E-state index is 0.765. The Morgan fingerprint density at radius 2 is 1.27 bits per heavy atom. The second-order valence-electron chi connectivity index (χ2n) is 1.47. The van der Waals surface area contributed by atoms with Crippen LogP contribution >= 0.6 is 43.6 Å². The first-order valence-corrected chi connectivity index (χ1v) is 6.42. The Kier molecular flexibility index (Phi) is 10.8. The largest absolute Gasteiger partial charge is 0.136 e. The van der Waals surface area contributed by atoms with E-state index in [-0.39, 0.29) is 0 Å². The topological polar surface area (TPSA) is 0 Å². The molecule has 0 aliphatic heterocycles. The second kappa shape index (κ2) is 10.4. The molecule has 0 bridgehead atoms. The molecule has 11 heavy (non-hydrogen) atoms. The van der Waals surface area contributed by atoms with Crippen LogP contribution in [-0.2, 0) is 0 Å². The normalized spacial score (nSPS) is 7.45. The lowest BCUT2D eigenvalue weighted by molar-refractivity contribution is 1.81. The van der Waals surface area contributed by atoms with E-state index in [1.807, 2.05) is 0 Å². The van der Waals surface area contributed by atoms with Gasteiger partial charge in [-0.05, 0) is 0 Å². The molecule has 0 aliphatic carbocycles. The van der Waals surface area contributed by atoms with Crippen LogP contribution in [0, 0.1) is 23.7 Å². The van der Waals surface area contributed by atoms with Gasteiger partial charge in [0.15, 0.2) is 0 Å². The van der Waals surface area contributed by atoms with E-state index in [2.05, 4.69) is 55.5 Å². The van der Waals surface area contributed by atoms with Crippen molar-refractivity contribution in [3.8, 4) is 23.7 Å². The van der Waals surface area contributed by atoms with Gasteiger partial charge in [-0.25, -0.2) is 0 Å². The van der Waals surface area contributed by atoms with Crippen LogP contribution in [0.3, 0.4) is 0 Å². The standard InChI is InChI=1S/C8H8Br2S/c9-5-1-3-7-11-8-4-2-6-10/h5-8H2. The van der Waals surface area contributed by atoms with Crippen molar-refractivity contribution >= 4 is 43.6 Å². The Hall–Kier alpha value is 0.430. The maximum Gasteiger partial charge on any atom is 0.0645 e. The molecule has 60 valence electrons. The summed E-state index contributed by atoms with van der Waals surface area (Å²) in [7, 11) is 0. The maximum atomic E-state index is 3.23. The van der Waals surface area contributed by atoms with Crippen molar-refractivity contribution in [2.45, 2.75) is 0 Å². The average Bonchev–Trinajstić information content (AvgIpc) is 2.03. The summed E-state index contributed by atoms with van der Waals surface area (Å²) in [5, 5.41) is 1.53. The third-order valence-corrected chi connectivity index (χ3v) is 1.99. The van der Waals surface area contributed by atoms with Crippen molar-refractivity contribution in [3.05, 3.63) is 0 Å². The van der Waals surface area contributed by atoms with Gasteiger partial charge in [0, 0.05) is 0 Å². The van der Waals surface area contributed by atoms with E-state index in [9.17, 15) is 0 Å². The third-order valence-electron chi connectivity index (χ3n) is 0.732. The van der Waals surface area contributed by atoms with Crippen molar-refractivity contribution in [1.29, 1.82) is 0 Å². The van der Waals surface area contributed by atoms with Gasteiger partial charge >= 0.3 is 0 Å². The van der Waals surface area contributed by atoms with Crippen molar-refractivity contribution < 1.29 is 0 Å². The van der Waals surface area contributed by atoms with Crippen LogP contribution in [0.2, 0.25) is 0 Å². The maximum absolute atomic E-state index is 3.23. The molecule has 0 radical (unpaired) electrons. The molecule has 0 spiro atoms. The molecular weight excluding hydrogens is 288 g/mol. The van der Waals surface area contributed by atoms with Crippen LogP contribution in [0.1, 0.15) is 0 Å². The summed E-state index contributed by atoms with van der Waals surface area (Å²) in [6.45, 7) is 0. The zero-order chi connectivity index (χ0) is 8.36. The van der Waals surface area contributed by atoms with Crippen LogP contribution in [0.15, 0.2) is 0 Å². The van der Waals surface area contributed by atoms with E-state index < -0.39 is 0 Å². The molecular formula is C8H8Br2S. The predicted octanol–water partition coefficient (Wildman–Crippen LogP) is 2.52. The molecule has 0 unspecified atom stereocenters. The van der Waals surface area contributed by atoms with Crippen LogP contribution < -0.4 is 0 Å². The second-order valence-corrected chi connectivity index (χ2v) is 3.57. The van der Waals surface area contributed by atoms with Crippen LogP contribution in [0.4, 0.5) is 0 Å². The molecule has 0 rings (SSSR count). The van der Waals surface area contributed by atoms with E-state index in [1.54, 1.807) is 11.8 Å². The van der Waals surface area contributed by atoms with Gasteiger partial charge in [0.25, 0.3) is 0 Å². The molecule has 0 aromatic rings. The molecule has 0 nitrogen and oxygen atoms in total. The van der Waals surface area contributed by atoms with E-state index in [4.69, 9.17) is 0 Å². The molecule has 0 amide bonds. The highest BCUT2D eigenvalue weighted by atomic mass is 79.9. The van der Waals surface area contributed by atoms with Gasteiger partial charge in [-0.1, -0.05) is 55.5 Å². The fourth-order valence-corrected chi connectivity index (χ4v) is 1.26. The number of rotatable bonds is 2. The lowest BCUT2D eigenvalue weighted by Gasteiger charge is -1.83. The first kappa shape index (κ1) is 11.4. The Bertz CT molecular complexity index is 170. The molecule has 0 saturated heterocycles. The number of halogens is 2. The molecule has 0 fully saturated rings. The number of thioether (sulfide) groups is 1. The summed E-state index contributed by atoms with van der Waals surface area (Å²) >= 11 is 8.20. The molecule has 0 aliphatic rings. The molecule has 3 heteroatoms. The van der Waals surface area contributed by atoms with Gasteiger partial charge in [-0.15, -0.1) is 11.8 Å². The van der Waals surface area contributed by atoms with Crippen molar-refractivity contribution in [1.82, 2.24) is 0 Å². The van der Waals surface area contributed by atoms with E-state index >= 15 is 0 Å². The molecule has 0 saturated carbocycles. The van der Waals surface area contributed by atoms with Crippen molar-refractivity contribution in [2.24, 2.45) is 0 Å². The van der Waals surface area contributed by atoms with Gasteiger partial charge in [-0.2, -0.15) is 0 Å². The molecule has 0 N–H and O–H groups in total. The first-order chi connectivity index (χ1) is 5.41. The highest BCUT2D eigenvalue weighted by Gasteiger charge is 1.77. The van der Waals surface area contributed by atoms with E-state index in [0.717, 1.165) is 22.2 Å². The summed E-state index contributed by atoms with van der Waals surface area (Å²) in [6.07, 6.45) is 0. The molecule has 0 heterocycles. The van der Waals surface area contributed by atoms with Gasteiger partial charge < -0.3 is 0 Å². The SMILES string of the molecule is BrCC#CCSCC#CCBr. The Labute approximate surface area is 89.2 Å². The van der Waals surface area contributed by atoms with Gasteiger partial charge in [0.1, 0.15) is 0 Å². The smallest absolute Gasteiger partial charge is 0.0645 e. The lowest BCUT2D eigenvalue weighted by atomic mass is 10.7. The van der Waals surface area contributed by atoms with Gasteiger partial charge in [0.05, 0.1) is 22.2 Å². The summed E-state index contributed by atoms with van der Waals surface area (Å²) in [4.78, 5) is 0. The fourth-order valence-electron chi connectivity index (χ4n) is 0.350. The first-order valence-electron chi connectivity index (χ1n) is 3.03. The van der Waals surface area contributed by atoms with Crippen LogP contribution in [-0.4, -0.2) is 22.2 Å². The van der Waals surface area contributed by atoms with Crippen LogP contribution in [0.25, 0.3) is 0 Å². The minimum atomic E-state index is 0.765. The summed E-state index contributed by atoms with van der Waals surface area (Å²) in [5.41, 5.74) is 0. The monoisotopic (exact) mass is 294 g/mol. The number of hydrogen-bond donors (Lipinski definition) is 0. The lowest BCUT2D eigenvalue weighted by Crippen LogP contribution is -1.76.